The molecule has 112 valence electrons. The number of thiophene rings is 1. The Balaban J connectivity index is 1.79. The highest BCUT2D eigenvalue weighted by molar-refractivity contribution is 7.19. The Morgan fingerprint density at radius 3 is 2.77 bits per heavy atom. The molecule has 0 fully saturated rings. The summed E-state index contributed by atoms with van der Waals surface area (Å²) in [6, 6.07) is 6.07. The zero-order chi connectivity index (χ0) is 15.3. The van der Waals surface area contributed by atoms with Gasteiger partial charge in [-0.1, -0.05) is 38.2 Å². The van der Waals surface area contributed by atoms with Crippen molar-refractivity contribution in [3.63, 3.8) is 0 Å². The summed E-state index contributed by atoms with van der Waals surface area (Å²) in [7, 11) is 0. The molecule has 0 aromatic carbocycles. The molecule has 0 bridgehead atoms. The van der Waals surface area contributed by atoms with Crippen LogP contribution in [0.4, 0.5) is 0 Å². The Kier molecular flexibility index (Phi) is 2.92. The Morgan fingerprint density at radius 2 is 2.09 bits per heavy atom. The number of aromatic nitrogens is 6. The molecule has 0 aliphatic heterocycles. The first-order valence-electron chi connectivity index (χ1n) is 6.85. The second-order valence-corrected chi connectivity index (χ2v) is 7.92. The minimum atomic E-state index is 0.0341. The molecule has 0 saturated carbocycles. The lowest BCUT2D eigenvalue weighted by atomic mass is 9.92. The van der Waals surface area contributed by atoms with Crippen molar-refractivity contribution in [1.82, 2.24) is 30.0 Å². The summed E-state index contributed by atoms with van der Waals surface area (Å²) in [5, 5.41) is 23.4. The number of hydrogen-bond donors (Lipinski definition) is 1. The first kappa shape index (κ1) is 13.6. The quantitative estimate of drug-likeness (QED) is 0.609. The molecule has 22 heavy (non-hydrogen) atoms. The molecule has 4 aromatic rings. The van der Waals surface area contributed by atoms with E-state index in [-0.39, 0.29) is 5.41 Å². The molecule has 0 aliphatic rings. The van der Waals surface area contributed by atoms with Gasteiger partial charge in [0.25, 0.3) is 0 Å². The Morgan fingerprint density at radius 1 is 1.23 bits per heavy atom. The third-order valence-electron chi connectivity index (χ3n) is 3.34. The Labute approximate surface area is 134 Å². The summed E-state index contributed by atoms with van der Waals surface area (Å²) in [6.45, 7) is 6.45. The van der Waals surface area contributed by atoms with Crippen molar-refractivity contribution in [2.75, 3.05) is 0 Å². The van der Waals surface area contributed by atoms with Crippen LogP contribution in [0, 0.1) is 0 Å². The maximum atomic E-state index is 4.63. The van der Waals surface area contributed by atoms with Gasteiger partial charge < -0.3 is 0 Å². The normalized spacial score (nSPS) is 12.3. The molecule has 0 saturated heterocycles. The average molecular weight is 330 g/mol. The van der Waals surface area contributed by atoms with Gasteiger partial charge in [-0.15, -0.1) is 21.5 Å². The number of rotatable bonds is 2. The van der Waals surface area contributed by atoms with Crippen LogP contribution in [0.25, 0.3) is 26.4 Å². The number of aromatic amines is 1. The SMILES string of the molecule is CC(C)(C)c1cc(-c2nn3c(-c4cccs4)nnc3s2)n[nH]1. The number of fused-ring (bicyclic) bond motifs is 1. The number of nitrogens with one attached hydrogen (secondary N) is 1. The monoisotopic (exact) mass is 330 g/mol. The van der Waals surface area contributed by atoms with Crippen LogP contribution in [0.2, 0.25) is 0 Å². The molecular weight excluding hydrogens is 316 g/mol. The molecule has 4 heterocycles. The predicted octanol–water partition coefficient (Wildman–Crippen LogP) is 3.60. The van der Waals surface area contributed by atoms with Crippen molar-refractivity contribution < 1.29 is 0 Å². The first-order valence-corrected chi connectivity index (χ1v) is 8.54. The second-order valence-electron chi connectivity index (χ2n) is 6.02. The third-order valence-corrected chi connectivity index (χ3v) is 5.12. The van der Waals surface area contributed by atoms with E-state index in [1.54, 1.807) is 15.9 Å². The summed E-state index contributed by atoms with van der Waals surface area (Å²) in [4.78, 5) is 1.83. The van der Waals surface area contributed by atoms with Crippen LogP contribution in [-0.4, -0.2) is 30.0 Å². The van der Waals surface area contributed by atoms with Crippen LogP contribution in [0.3, 0.4) is 0 Å². The molecule has 0 aliphatic carbocycles. The van der Waals surface area contributed by atoms with Gasteiger partial charge in [-0.05, 0) is 17.5 Å². The summed E-state index contributed by atoms with van der Waals surface area (Å²) >= 11 is 3.12. The fourth-order valence-corrected chi connectivity index (χ4v) is 3.59. The molecule has 4 aromatic heterocycles. The first-order chi connectivity index (χ1) is 10.5. The minimum absolute atomic E-state index is 0.0341. The molecule has 8 heteroatoms. The van der Waals surface area contributed by atoms with Crippen molar-refractivity contribution in [2.24, 2.45) is 0 Å². The predicted molar refractivity (Wildman–Crippen MR) is 88.3 cm³/mol. The smallest absolute Gasteiger partial charge is 0.235 e. The minimum Gasteiger partial charge on any atom is -0.281 e. The fraction of sp³-hybridized carbons (Fsp3) is 0.286. The maximum absolute atomic E-state index is 4.63. The molecular formula is C14H14N6S2. The van der Waals surface area contributed by atoms with E-state index < -0.39 is 0 Å². The Hall–Kier alpha value is -2.06. The van der Waals surface area contributed by atoms with E-state index in [1.165, 1.54) is 11.3 Å². The van der Waals surface area contributed by atoms with Crippen molar-refractivity contribution in [1.29, 1.82) is 0 Å². The highest BCUT2D eigenvalue weighted by Crippen LogP contribution is 2.30. The van der Waals surface area contributed by atoms with Crippen molar-refractivity contribution in [3.8, 4) is 21.4 Å². The van der Waals surface area contributed by atoms with Gasteiger partial charge in [0.2, 0.25) is 4.96 Å². The van der Waals surface area contributed by atoms with Crippen LogP contribution in [0.15, 0.2) is 23.6 Å². The summed E-state index contributed by atoms with van der Waals surface area (Å²) in [5.74, 6) is 0.777. The van der Waals surface area contributed by atoms with E-state index in [0.29, 0.717) is 0 Å². The van der Waals surface area contributed by atoms with E-state index in [1.807, 2.05) is 17.5 Å². The molecule has 6 nitrogen and oxygen atoms in total. The zero-order valence-corrected chi connectivity index (χ0v) is 14.0. The Bertz CT molecular complexity index is 922. The summed E-state index contributed by atoms with van der Waals surface area (Å²) in [5.41, 5.74) is 1.97. The summed E-state index contributed by atoms with van der Waals surface area (Å²) in [6.07, 6.45) is 0. The maximum Gasteiger partial charge on any atom is 0.235 e. The van der Waals surface area contributed by atoms with Gasteiger partial charge in [0, 0.05) is 11.1 Å². The number of hydrogen-bond acceptors (Lipinski definition) is 6. The van der Waals surface area contributed by atoms with Crippen molar-refractivity contribution >= 4 is 27.6 Å². The standard InChI is InChI=1S/C14H14N6S2/c1-14(2,3)10-7-8(15-16-10)12-19-20-11(9-5-4-6-21-9)17-18-13(20)22-12/h4-7H,1-3H3,(H,15,16). The lowest BCUT2D eigenvalue weighted by molar-refractivity contribution is 0.567. The van der Waals surface area contributed by atoms with Gasteiger partial charge >= 0.3 is 0 Å². The average Bonchev–Trinajstić information content (AvgIpc) is 3.20. The molecule has 0 unspecified atom stereocenters. The van der Waals surface area contributed by atoms with Gasteiger partial charge in [-0.25, -0.2) is 0 Å². The van der Waals surface area contributed by atoms with E-state index >= 15 is 0 Å². The molecule has 0 spiro atoms. The largest absolute Gasteiger partial charge is 0.281 e. The van der Waals surface area contributed by atoms with Gasteiger partial charge in [0.1, 0.15) is 5.69 Å². The number of H-pyrrole nitrogens is 1. The van der Waals surface area contributed by atoms with Gasteiger partial charge in [-0.2, -0.15) is 14.7 Å². The van der Waals surface area contributed by atoms with Crippen LogP contribution in [0.1, 0.15) is 26.5 Å². The zero-order valence-electron chi connectivity index (χ0n) is 12.4. The number of nitrogens with zero attached hydrogens (tertiary/aromatic N) is 5. The molecule has 0 atom stereocenters. The van der Waals surface area contributed by atoms with Crippen molar-refractivity contribution in [3.05, 3.63) is 29.3 Å². The van der Waals surface area contributed by atoms with E-state index in [9.17, 15) is 0 Å². The lowest BCUT2D eigenvalue weighted by Crippen LogP contribution is -2.11. The van der Waals surface area contributed by atoms with E-state index in [4.69, 9.17) is 0 Å². The van der Waals surface area contributed by atoms with E-state index in [2.05, 4.69) is 52.3 Å². The van der Waals surface area contributed by atoms with Gasteiger partial charge in [-0.3, -0.25) is 5.10 Å². The molecule has 4 rings (SSSR count). The molecule has 0 amide bonds. The topological polar surface area (TPSA) is 71.8 Å². The van der Waals surface area contributed by atoms with Crippen molar-refractivity contribution in [2.45, 2.75) is 26.2 Å². The third kappa shape index (κ3) is 2.15. The van der Waals surface area contributed by atoms with Crippen LogP contribution < -0.4 is 0 Å². The highest BCUT2D eigenvalue weighted by Gasteiger charge is 2.20. The lowest BCUT2D eigenvalue weighted by Gasteiger charge is -2.14. The summed E-state index contributed by atoms with van der Waals surface area (Å²) < 4.78 is 1.79. The van der Waals surface area contributed by atoms with Gasteiger partial charge in [0.05, 0.1) is 4.88 Å². The van der Waals surface area contributed by atoms with Crippen LogP contribution in [-0.2, 0) is 5.41 Å². The second kappa shape index (κ2) is 4.72. The van der Waals surface area contributed by atoms with Crippen LogP contribution in [0.5, 0.6) is 0 Å². The van der Waals surface area contributed by atoms with Gasteiger partial charge in [0.15, 0.2) is 10.8 Å². The highest BCUT2D eigenvalue weighted by atomic mass is 32.1. The van der Waals surface area contributed by atoms with Crippen LogP contribution >= 0.6 is 22.7 Å². The fourth-order valence-electron chi connectivity index (χ4n) is 2.10. The van der Waals surface area contributed by atoms with E-state index in [0.717, 1.165) is 32.1 Å². The molecule has 1 N–H and O–H groups in total. The molecule has 0 radical (unpaired) electrons.